The summed E-state index contributed by atoms with van der Waals surface area (Å²) in [5.41, 5.74) is 2.57. The van der Waals surface area contributed by atoms with Crippen LogP contribution >= 0.6 is 0 Å². The number of halogens is 1. The van der Waals surface area contributed by atoms with Crippen LogP contribution in [0, 0.1) is 12.7 Å². The third-order valence-electron chi connectivity index (χ3n) is 4.80. The summed E-state index contributed by atoms with van der Waals surface area (Å²) in [7, 11) is 0. The maximum absolute atomic E-state index is 14.8. The molecule has 1 aromatic heterocycles. The molecule has 2 aromatic rings. The van der Waals surface area contributed by atoms with Crippen molar-refractivity contribution in [2.75, 3.05) is 19.8 Å². The van der Waals surface area contributed by atoms with Gasteiger partial charge in [-0.25, -0.2) is 9.37 Å². The van der Waals surface area contributed by atoms with Crippen molar-refractivity contribution in [3.8, 4) is 11.4 Å². The van der Waals surface area contributed by atoms with Crippen LogP contribution in [0.1, 0.15) is 24.0 Å². The molecule has 1 fully saturated rings. The van der Waals surface area contributed by atoms with Crippen LogP contribution in [0.2, 0.25) is 0 Å². The summed E-state index contributed by atoms with van der Waals surface area (Å²) in [6.07, 6.45) is 7.33. The van der Waals surface area contributed by atoms with Gasteiger partial charge >= 0.3 is 0 Å². The highest BCUT2D eigenvalue weighted by molar-refractivity contribution is 5.79. The zero-order chi connectivity index (χ0) is 17.2. The van der Waals surface area contributed by atoms with Gasteiger partial charge in [-0.2, -0.15) is 5.10 Å². The van der Waals surface area contributed by atoms with E-state index in [0.717, 1.165) is 43.9 Å². The first kappa shape index (κ1) is 16.0. The predicted molar refractivity (Wildman–Crippen MR) is 93.5 cm³/mol. The number of aliphatic imine (C=N–C) groups is 1. The fourth-order valence-electron chi connectivity index (χ4n) is 3.37. The minimum Gasteiger partial charge on any atom is -0.381 e. The molecule has 1 N–H and O–H groups in total. The van der Waals surface area contributed by atoms with Crippen molar-refractivity contribution in [1.82, 2.24) is 20.1 Å². The van der Waals surface area contributed by atoms with Crippen LogP contribution < -0.4 is 0 Å². The van der Waals surface area contributed by atoms with E-state index in [1.807, 2.05) is 18.5 Å². The molecule has 0 spiro atoms. The summed E-state index contributed by atoms with van der Waals surface area (Å²) in [4.78, 5) is 10.8. The third-order valence-corrected chi connectivity index (χ3v) is 4.80. The maximum Gasteiger partial charge on any atom is 0.158 e. The highest BCUT2D eigenvalue weighted by Crippen LogP contribution is 2.30. The molecule has 0 atom stereocenters. The fraction of sp³-hybridized carbons (Fsp3) is 0.389. The van der Waals surface area contributed by atoms with Gasteiger partial charge in [-0.15, -0.1) is 0 Å². The van der Waals surface area contributed by atoms with Crippen LogP contribution in [0.15, 0.2) is 29.7 Å². The van der Waals surface area contributed by atoms with Gasteiger partial charge in [0.1, 0.15) is 12.1 Å². The maximum atomic E-state index is 14.8. The molecule has 1 aromatic carbocycles. The number of rotatable bonds is 3. The molecule has 0 unspecified atom stereocenters. The van der Waals surface area contributed by atoms with Crippen molar-refractivity contribution in [3.05, 3.63) is 41.6 Å². The molecule has 4 rings (SSSR count). The quantitative estimate of drug-likeness (QED) is 0.932. The fourth-order valence-corrected chi connectivity index (χ4v) is 3.37. The van der Waals surface area contributed by atoms with Crippen LogP contribution in [-0.2, 0) is 4.74 Å². The zero-order valence-corrected chi connectivity index (χ0v) is 14.1. The van der Waals surface area contributed by atoms with E-state index in [2.05, 4.69) is 25.1 Å². The molecule has 0 aliphatic carbocycles. The smallest absolute Gasteiger partial charge is 0.158 e. The molecular formula is C18H20FN5O. The van der Waals surface area contributed by atoms with Gasteiger partial charge in [-0.3, -0.25) is 10.1 Å². The molecule has 130 valence electrons. The first-order valence-corrected chi connectivity index (χ1v) is 8.47. The Hall–Kier alpha value is -2.54. The van der Waals surface area contributed by atoms with Gasteiger partial charge in [0.2, 0.25) is 0 Å². The molecular weight excluding hydrogens is 321 g/mol. The number of aromatic amines is 1. The molecule has 0 saturated carbocycles. The lowest BCUT2D eigenvalue weighted by Crippen LogP contribution is -2.38. The van der Waals surface area contributed by atoms with E-state index >= 15 is 0 Å². The second-order valence-corrected chi connectivity index (χ2v) is 6.30. The van der Waals surface area contributed by atoms with E-state index < -0.39 is 0 Å². The SMILES string of the molecule is Cc1c(C2=CN(C3CCOCC3)CC=N2)ccc(-c2ncn[nH]2)c1F. The van der Waals surface area contributed by atoms with Crippen molar-refractivity contribution >= 4 is 11.9 Å². The number of nitrogens with one attached hydrogen (secondary N) is 1. The average molecular weight is 341 g/mol. The molecule has 3 heterocycles. The average Bonchev–Trinajstić information content (AvgIpc) is 3.19. The summed E-state index contributed by atoms with van der Waals surface area (Å²) in [6, 6.07) is 4.07. The zero-order valence-electron chi connectivity index (χ0n) is 14.1. The van der Waals surface area contributed by atoms with Crippen molar-refractivity contribution in [1.29, 1.82) is 0 Å². The summed E-state index contributed by atoms with van der Waals surface area (Å²) < 4.78 is 20.3. The van der Waals surface area contributed by atoms with Gasteiger partial charge < -0.3 is 9.64 Å². The Balaban J connectivity index is 1.65. The van der Waals surface area contributed by atoms with Crippen molar-refractivity contribution in [2.24, 2.45) is 4.99 Å². The van der Waals surface area contributed by atoms with Gasteiger partial charge in [0.25, 0.3) is 0 Å². The lowest BCUT2D eigenvalue weighted by Gasteiger charge is -2.34. The Kier molecular flexibility index (Phi) is 4.31. The minimum atomic E-state index is -0.298. The van der Waals surface area contributed by atoms with Gasteiger partial charge in [0.15, 0.2) is 5.82 Å². The highest BCUT2D eigenvalue weighted by Gasteiger charge is 2.22. The highest BCUT2D eigenvalue weighted by atomic mass is 19.1. The van der Waals surface area contributed by atoms with Crippen molar-refractivity contribution in [2.45, 2.75) is 25.8 Å². The van der Waals surface area contributed by atoms with Crippen LogP contribution in [0.3, 0.4) is 0 Å². The minimum absolute atomic E-state index is 0.298. The van der Waals surface area contributed by atoms with Crippen LogP contribution in [0.4, 0.5) is 4.39 Å². The first-order chi connectivity index (χ1) is 12.2. The Morgan fingerprint density at radius 1 is 1.24 bits per heavy atom. The lowest BCUT2D eigenvalue weighted by atomic mass is 10.0. The number of H-pyrrole nitrogens is 1. The molecule has 25 heavy (non-hydrogen) atoms. The van der Waals surface area contributed by atoms with Crippen LogP contribution in [0.25, 0.3) is 17.1 Å². The van der Waals surface area contributed by atoms with Crippen LogP contribution in [-0.4, -0.2) is 52.1 Å². The first-order valence-electron chi connectivity index (χ1n) is 8.47. The van der Waals surface area contributed by atoms with Crippen LogP contribution in [0.5, 0.6) is 0 Å². The van der Waals surface area contributed by atoms with Gasteiger partial charge in [-0.05, 0) is 31.4 Å². The summed E-state index contributed by atoms with van der Waals surface area (Å²) in [5, 5.41) is 6.49. The molecule has 2 aliphatic heterocycles. The van der Waals surface area contributed by atoms with E-state index in [-0.39, 0.29) is 5.82 Å². The standard InChI is InChI=1S/C18H20FN5O/c1-12-14(2-3-15(17(12)19)18-21-11-22-23-18)16-10-24(7-6-20-16)13-4-8-25-9-5-13/h2-3,6,10-11,13H,4-5,7-9H2,1H3,(H,21,22,23). The molecule has 0 amide bonds. The molecule has 0 bridgehead atoms. The van der Waals surface area contributed by atoms with E-state index in [0.29, 0.717) is 23.0 Å². The van der Waals surface area contributed by atoms with Crippen molar-refractivity contribution in [3.63, 3.8) is 0 Å². The summed E-state index contributed by atoms with van der Waals surface area (Å²) in [5.74, 6) is 0.130. The van der Waals surface area contributed by atoms with Gasteiger partial charge in [-0.1, -0.05) is 6.07 Å². The number of hydrogen-bond donors (Lipinski definition) is 1. The number of hydrogen-bond acceptors (Lipinski definition) is 5. The molecule has 2 aliphatic rings. The van der Waals surface area contributed by atoms with E-state index in [1.165, 1.54) is 6.33 Å². The number of aromatic nitrogens is 3. The van der Waals surface area contributed by atoms with Gasteiger partial charge in [0.05, 0.1) is 17.8 Å². The van der Waals surface area contributed by atoms with E-state index in [9.17, 15) is 4.39 Å². The largest absolute Gasteiger partial charge is 0.381 e. The number of benzene rings is 1. The summed E-state index contributed by atoms with van der Waals surface area (Å²) in [6.45, 7) is 4.14. The van der Waals surface area contributed by atoms with E-state index in [4.69, 9.17) is 4.74 Å². The number of ether oxygens (including phenoxy) is 1. The second kappa shape index (κ2) is 6.76. The molecule has 6 nitrogen and oxygen atoms in total. The summed E-state index contributed by atoms with van der Waals surface area (Å²) >= 11 is 0. The molecule has 7 heteroatoms. The third kappa shape index (κ3) is 3.07. The Bertz CT molecular complexity index is 809. The lowest BCUT2D eigenvalue weighted by molar-refractivity contribution is 0.0534. The Morgan fingerprint density at radius 3 is 2.80 bits per heavy atom. The van der Waals surface area contributed by atoms with Crippen molar-refractivity contribution < 1.29 is 9.13 Å². The predicted octanol–water partition coefficient (Wildman–Crippen LogP) is 2.78. The molecule has 1 saturated heterocycles. The molecule has 0 radical (unpaired) electrons. The topological polar surface area (TPSA) is 66.4 Å². The number of nitrogens with zero attached hydrogens (tertiary/aromatic N) is 4. The Labute approximate surface area is 145 Å². The normalized spacial score (nSPS) is 18.5. The Morgan fingerprint density at radius 2 is 2.04 bits per heavy atom. The van der Waals surface area contributed by atoms with Gasteiger partial charge in [0, 0.05) is 37.2 Å². The monoisotopic (exact) mass is 341 g/mol. The van der Waals surface area contributed by atoms with E-state index in [1.54, 1.807) is 13.0 Å². The second-order valence-electron chi connectivity index (χ2n) is 6.30.